The predicted octanol–water partition coefficient (Wildman–Crippen LogP) is 6.06. The molecule has 0 bridgehead atoms. The van der Waals surface area contributed by atoms with Crippen molar-refractivity contribution in [1.29, 1.82) is 0 Å². The molecule has 0 heterocycles. The zero-order valence-corrected chi connectivity index (χ0v) is 14.8. The number of phenols is 1. The van der Waals surface area contributed by atoms with E-state index in [1.54, 1.807) is 0 Å². The number of phenolic OH excluding ortho intramolecular Hbond substituents is 1. The van der Waals surface area contributed by atoms with Gasteiger partial charge in [-0.25, -0.2) is 0 Å². The standard InChI is InChI=1S/C22H24O/c1-12-7-8-18(9-13(12)2)21-16(5)17(6)22(23)20-11-15(4)14(3)10-19(20)21/h7-11,23H,1-6H3. The fourth-order valence-electron chi connectivity index (χ4n) is 3.26. The third-order valence-corrected chi connectivity index (χ3v) is 5.25. The van der Waals surface area contributed by atoms with Crippen molar-refractivity contribution in [1.82, 2.24) is 0 Å². The van der Waals surface area contributed by atoms with Gasteiger partial charge in [0.2, 0.25) is 0 Å². The van der Waals surface area contributed by atoms with Crippen LogP contribution in [-0.4, -0.2) is 5.11 Å². The van der Waals surface area contributed by atoms with Crippen LogP contribution in [0.3, 0.4) is 0 Å². The predicted molar refractivity (Wildman–Crippen MR) is 99.5 cm³/mol. The molecule has 0 unspecified atom stereocenters. The van der Waals surface area contributed by atoms with Crippen LogP contribution in [0.2, 0.25) is 0 Å². The molecule has 3 aromatic rings. The molecule has 3 rings (SSSR count). The van der Waals surface area contributed by atoms with Gasteiger partial charge in [0, 0.05) is 5.39 Å². The zero-order valence-electron chi connectivity index (χ0n) is 14.8. The first kappa shape index (κ1) is 15.6. The second-order valence-corrected chi connectivity index (χ2v) is 6.75. The second kappa shape index (κ2) is 5.42. The van der Waals surface area contributed by atoms with Gasteiger partial charge < -0.3 is 5.11 Å². The first-order chi connectivity index (χ1) is 10.8. The monoisotopic (exact) mass is 304 g/mol. The van der Waals surface area contributed by atoms with Gasteiger partial charge in [0.15, 0.2) is 0 Å². The molecule has 23 heavy (non-hydrogen) atoms. The van der Waals surface area contributed by atoms with E-state index in [9.17, 15) is 5.11 Å². The maximum atomic E-state index is 10.6. The number of aryl methyl sites for hydroxylation is 4. The zero-order chi connectivity index (χ0) is 16.9. The quantitative estimate of drug-likeness (QED) is 0.579. The molecule has 0 aliphatic rings. The van der Waals surface area contributed by atoms with Gasteiger partial charge in [0.05, 0.1) is 0 Å². The lowest BCUT2D eigenvalue weighted by Gasteiger charge is -2.18. The Morgan fingerprint density at radius 2 is 1.17 bits per heavy atom. The number of fused-ring (bicyclic) bond motifs is 1. The van der Waals surface area contributed by atoms with Gasteiger partial charge >= 0.3 is 0 Å². The van der Waals surface area contributed by atoms with Crippen molar-refractivity contribution in [2.75, 3.05) is 0 Å². The van der Waals surface area contributed by atoms with Crippen molar-refractivity contribution in [3.05, 3.63) is 63.7 Å². The summed E-state index contributed by atoms with van der Waals surface area (Å²) in [6.45, 7) is 12.6. The fraction of sp³-hybridized carbons (Fsp3) is 0.273. The Bertz CT molecular complexity index is 933. The van der Waals surface area contributed by atoms with Crippen molar-refractivity contribution in [3.8, 4) is 16.9 Å². The van der Waals surface area contributed by atoms with Crippen molar-refractivity contribution >= 4 is 10.8 Å². The Hall–Kier alpha value is -2.28. The minimum Gasteiger partial charge on any atom is -0.507 e. The van der Waals surface area contributed by atoms with Crippen LogP contribution in [0.15, 0.2) is 30.3 Å². The summed E-state index contributed by atoms with van der Waals surface area (Å²) in [6, 6.07) is 10.9. The van der Waals surface area contributed by atoms with Crippen molar-refractivity contribution in [3.63, 3.8) is 0 Å². The van der Waals surface area contributed by atoms with E-state index in [4.69, 9.17) is 0 Å². The molecule has 118 valence electrons. The molecule has 0 atom stereocenters. The Balaban J connectivity index is 2.48. The molecule has 0 aliphatic carbocycles. The highest BCUT2D eigenvalue weighted by molar-refractivity contribution is 6.03. The number of benzene rings is 3. The Morgan fingerprint density at radius 3 is 1.78 bits per heavy atom. The molecule has 0 fully saturated rings. The van der Waals surface area contributed by atoms with Gasteiger partial charge in [-0.15, -0.1) is 0 Å². The molecule has 1 N–H and O–H groups in total. The highest BCUT2D eigenvalue weighted by atomic mass is 16.3. The maximum absolute atomic E-state index is 10.6. The first-order valence-corrected chi connectivity index (χ1v) is 8.12. The minimum atomic E-state index is 0.410. The lowest BCUT2D eigenvalue weighted by Crippen LogP contribution is -1.94. The summed E-state index contributed by atoms with van der Waals surface area (Å²) in [5.74, 6) is 0.410. The van der Waals surface area contributed by atoms with Crippen LogP contribution in [0, 0.1) is 41.5 Å². The molecule has 0 radical (unpaired) electrons. The smallest absolute Gasteiger partial charge is 0.126 e. The van der Waals surface area contributed by atoms with Crippen molar-refractivity contribution in [2.24, 2.45) is 0 Å². The summed E-state index contributed by atoms with van der Waals surface area (Å²) in [6.07, 6.45) is 0. The highest BCUT2D eigenvalue weighted by Crippen LogP contribution is 2.41. The largest absolute Gasteiger partial charge is 0.507 e. The van der Waals surface area contributed by atoms with Crippen molar-refractivity contribution < 1.29 is 5.11 Å². The third kappa shape index (κ3) is 2.41. The Labute approximate surface area is 138 Å². The van der Waals surface area contributed by atoms with Crippen LogP contribution in [-0.2, 0) is 0 Å². The van der Waals surface area contributed by atoms with Crippen LogP contribution < -0.4 is 0 Å². The maximum Gasteiger partial charge on any atom is 0.126 e. The van der Waals surface area contributed by atoms with Crippen LogP contribution in [0.5, 0.6) is 5.75 Å². The normalized spacial score (nSPS) is 11.2. The fourth-order valence-corrected chi connectivity index (χ4v) is 3.26. The summed E-state index contributed by atoms with van der Waals surface area (Å²) >= 11 is 0. The third-order valence-electron chi connectivity index (χ3n) is 5.25. The minimum absolute atomic E-state index is 0.410. The van der Waals surface area contributed by atoms with Gasteiger partial charge in [0.25, 0.3) is 0 Å². The van der Waals surface area contributed by atoms with Gasteiger partial charge in [-0.05, 0) is 97.5 Å². The lowest BCUT2D eigenvalue weighted by molar-refractivity contribution is 0.477. The molecule has 1 heteroatoms. The van der Waals surface area contributed by atoms with Gasteiger partial charge in [-0.3, -0.25) is 0 Å². The van der Waals surface area contributed by atoms with Crippen LogP contribution in [0.1, 0.15) is 33.4 Å². The average molecular weight is 304 g/mol. The van der Waals surface area contributed by atoms with E-state index in [2.05, 4.69) is 65.0 Å². The summed E-state index contributed by atoms with van der Waals surface area (Å²) < 4.78 is 0. The summed E-state index contributed by atoms with van der Waals surface area (Å²) in [5.41, 5.74) is 9.65. The molecule has 0 amide bonds. The Morgan fingerprint density at radius 1 is 0.609 bits per heavy atom. The van der Waals surface area contributed by atoms with Crippen molar-refractivity contribution in [2.45, 2.75) is 41.5 Å². The summed E-state index contributed by atoms with van der Waals surface area (Å²) in [5, 5.41) is 12.7. The van der Waals surface area contributed by atoms with E-state index in [1.165, 1.54) is 33.4 Å². The topological polar surface area (TPSA) is 20.2 Å². The first-order valence-electron chi connectivity index (χ1n) is 8.12. The van der Waals surface area contributed by atoms with Crippen LogP contribution in [0.4, 0.5) is 0 Å². The average Bonchev–Trinajstić information content (AvgIpc) is 2.51. The SMILES string of the molecule is Cc1ccc(-c2c(C)c(C)c(O)c3cc(C)c(C)cc23)cc1C. The van der Waals surface area contributed by atoms with E-state index in [0.717, 1.165) is 21.9 Å². The summed E-state index contributed by atoms with van der Waals surface area (Å²) in [7, 11) is 0. The number of hydrogen-bond donors (Lipinski definition) is 1. The molecule has 1 nitrogen and oxygen atoms in total. The van der Waals surface area contributed by atoms with E-state index in [0.29, 0.717) is 5.75 Å². The number of hydrogen-bond acceptors (Lipinski definition) is 1. The highest BCUT2D eigenvalue weighted by Gasteiger charge is 2.16. The van der Waals surface area contributed by atoms with Crippen LogP contribution >= 0.6 is 0 Å². The van der Waals surface area contributed by atoms with Gasteiger partial charge in [-0.1, -0.05) is 24.3 Å². The van der Waals surface area contributed by atoms with Gasteiger partial charge in [-0.2, -0.15) is 0 Å². The van der Waals surface area contributed by atoms with E-state index < -0.39 is 0 Å². The number of rotatable bonds is 1. The molecular formula is C22H24O. The van der Waals surface area contributed by atoms with Gasteiger partial charge in [0.1, 0.15) is 5.75 Å². The molecule has 0 aromatic heterocycles. The van der Waals surface area contributed by atoms with E-state index in [-0.39, 0.29) is 0 Å². The summed E-state index contributed by atoms with van der Waals surface area (Å²) in [4.78, 5) is 0. The molecule has 0 saturated heterocycles. The Kier molecular flexibility index (Phi) is 3.68. The molecule has 0 spiro atoms. The molecule has 0 aliphatic heterocycles. The van der Waals surface area contributed by atoms with E-state index in [1.807, 2.05) is 6.92 Å². The molecular weight excluding hydrogens is 280 g/mol. The second-order valence-electron chi connectivity index (χ2n) is 6.75. The molecule has 3 aromatic carbocycles. The number of aromatic hydroxyl groups is 1. The van der Waals surface area contributed by atoms with Crippen LogP contribution in [0.25, 0.3) is 21.9 Å². The van der Waals surface area contributed by atoms with E-state index >= 15 is 0 Å². The lowest BCUT2D eigenvalue weighted by atomic mass is 9.87. The molecule has 0 saturated carbocycles.